The summed E-state index contributed by atoms with van der Waals surface area (Å²) < 4.78 is 0. The summed E-state index contributed by atoms with van der Waals surface area (Å²) in [5, 5.41) is 0. The molecule has 0 N–H and O–H groups in total. The zero-order valence-corrected chi connectivity index (χ0v) is 13.5. The number of aryl methyl sites for hydroxylation is 1. The van der Waals surface area contributed by atoms with E-state index in [9.17, 15) is 4.79 Å². The number of nitrogens with zero attached hydrogens (tertiary/aromatic N) is 2. The van der Waals surface area contributed by atoms with Gasteiger partial charge in [-0.1, -0.05) is 31.5 Å². The summed E-state index contributed by atoms with van der Waals surface area (Å²) in [5.41, 5.74) is 2.00. The SMILES string of the molecule is CC.Cc1ccc(C(=O)N2CCC(N(C)C)CC2)cc1. The van der Waals surface area contributed by atoms with Crippen molar-refractivity contribution in [2.45, 2.75) is 39.7 Å². The lowest BCUT2D eigenvalue weighted by Crippen LogP contribution is -2.44. The van der Waals surface area contributed by atoms with E-state index in [2.05, 4.69) is 19.0 Å². The molecule has 20 heavy (non-hydrogen) atoms. The number of hydrogen-bond acceptors (Lipinski definition) is 2. The van der Waals surface area contributed by atoms with Gasteiger partial charge in [-0.2, -0.15) is 0 Å². The van der Waals surface area contributed by atoms with Crippen molar-refractivity contribution in [2.24, 2.45) is 0 Å². The third-order valence-corrected chi connectivity index (χ3v) is 3.78. The fraction of sp³-hybridized carbons (Fsp3) is 0.588. The molecule has 0 atom stereocenters. The molecule has 112 valence electrons. The van der Waals surface area contributed by atoms with Crippen molar-refractivity contribution < 1.29 is 4.79 Å². The van der Waals surface area contributed by atoms with Crippen LogP contribution in [0.5, 0.6) is 0 Å². The molecule has 1 aliphatic rings. The number of rotatable bonds is 2. The van der Waals surface area contributed by atoms with Crippen LogP contribution in [0.3, 0.4) is 0 Å². The van der Waals surface area contributed by atoms with Crippen LogP contribution in [0, 0.1) is 6.92 Å². The normalized spacial score (nSPS) is 15.8. The molecular weight excluding hydrogens is 248 g/mol. The quantitative estimate of drug-likeness (QED) is 0.828. The second kappa shape index (κ2) is 8.05. The van der Waals surface area contributed by atoms with E-state index < -0.39 is 0 Å². The Morgan fingerprint density at radius 3 is 2.05 bits per heavy atom. The van der Waals surface area contributed by atoms with Gasteiger partial charge in [-0.15, -0.1) is 0 Å². The lowest BCUT2D eigenvalue weighted by Gasteiger charge is -2.35. The molecule has 2 rings (SSSR count). The third-order valence-electron chi connectivity index (χ3n) is 3.78. The first-order valence-electron chi connectivity index (χ1n) is 7.60. The molecule has 1 aromatic carbocycles. The van der Waals surface area contributed by atoms with E-state index >= 15 is 0 Å². The summed E-state index contributed by atoms with van der Waals surface area (Å²) in [5.74, 6) is 0.173. The number of piperidine rings is 1. The Hall–Kier alpha value is -1.35. The van der Waals surface area contributed by atoms with E-state index in [1.54, 1.807) is 0 Å². The van der Waals surface area contributed by atoms with Crippen molar-refractivity contribution in [1.82, 2.24) is 9.80 Å². The monoisotopic (exact) mass is 276 g/mol. The lowest BCUT2D eigenvalue weighted by atomic mass is 10.0. The summed E-state index contributed by atoms with van der Waals surface area (Å²) in [6, 6.07) is 8.47. The summed E-state index contributed by atoms with van der Waals surface area (Å²) in [7, 11) is 4.23. The van der Waals surface area contributed by atoms with Gasteiger partial charge in [-0.3, -0.25) is 4.79 Å². The average Bonchev–Trinajstić information content (AvgIpc) is 2.49. The molecule has 1 aliphatic heterocycles. The minimum Gasteiger partial charge on any atom is -0.339 e. The first kappa shape index (κ1) is 16.7. The highest BCUT2D eigenvalue weighted by Crippen LogP contribution is 2.16. The highest BCUT2D eigenvalue weighted by atomic mass is 16.2. The van der Waals surface area contributed by atoms with Crippen molar-refractivity contribution >= 4 is 5.91 Å². The Labute approximate surface area is 123 Å². The standard InChI is InChI=1S/C15H22N2O.C2H6/c1-12-4-6-13(7-5-12)15(18)17-10-8-14(9-11-17)16(2)3;1-2/h4-7,14H,8-11H2,1-3H3;1-2H3. The van der Waals surface area contributed by atoms with Crippen LogP contribution in [0.25, 0.3) is 0 Å². The molecule has 3 heteroatoms. The van der Waals surface area contributed by atoms with E-state index in [0.717, 1.165) is 31.5 Å². The van der Waals surface area contributed by atoms with Crippen molar-refractivity contribution in [3.05, 3.63) is 35.4 Å². The molecule has 0 saturated carbocycles. The van der Waals surface area contributed by atoms with Gasteiger partial charge in [0.15, 0.2) is 0 Å². The smallest absolute Gasteiger partial charge is 0.253 e. The summed E-state index contributed by atoms with van der Waals surface area (Å²) in [6.07, 6.45) is 2.15. The zero-order chi connectivity index (χ0) is 15.1. The fourth-order valence-electron chi connectivity index (χ4n) is 2.46. The van der Waals surface area contributed by atoms with Crippen LogP contribution in [0.1, 0.15) is 42.6 Å². The Balaban J connectivity index is 0.000000956. The second-order valence-electron chi connectivity index (χ2n) is 5.35. The Bertz CT molecular complexity index is 404. The third kappa shape index (κ3) is 4.34. The predicted octanol–water partition coefficient (Wildman–Crippen LogP) is 3.19. The van der Waals surface area contributed by atoms with Crippen LogP contribution in [0.15, 0.2) is 24.3 Å². The first-order chi connectivity index (χ1) is 9.58. The van der Waals surface area contributed by atoms with Gasteiger partial charge in [-0.25, -0.2) is 0 Å². The van der Waals surface area contributed by atoms with E-state index in [1.807, 2.05) is 49.9 Å². The van der Waals surface area contributed by atoms with Crippen molar-refractivity contribution in [3.8, 4) is 0 Å². The Morgan fingerprint density at radius 1 is 1.10 bits per heavy atom. The number of carbonyl (C=O) groups is 1. The number of carbonyl (C=O) groups excluding carboxylic acids is 1. The van der Waals surface area contributed by atoms with Gasteiger partial charge >= 0.3 is 0 Å². The molecule has 3 nitrogen and oxygen atoms in total. The topological polar surface area (TPSA) is 23.6 Å². The van der Waals surface area contributed by atoms with Crippen molar-refractivity contribution in [2.75, 3.05) is 27.2 Å². The zero-order valence-electron chi connectivity index (χ0n) is 13.5. The van der Waals surface area contributed by atoms with E-state index in [0.29, 0.717) is 6.04 Å². The maximum atomic E-state index is 12.3. The van der Waals surface area contributed by atoms with Crippen molar-refractivity contribution in [1.29, 1.82) is 0 Å². The minimum absolute atomic E-state index is 0.173. The molecule has 0 aromatic heterocycles. The minimum atomic E-state index is 0.173. The van der Waals surface area contributed by atoms with Gasteiger partial charge in [0.05, 0.1) is 0 Å². The number of likely N-dealkylation sites (tertiary alicyclic amines) is 1. The van der Waals surface area contributed by atoms with Gasteiger partial charge in [0.2, 0.25) is 0 Å². The maximum absolute atomic E-state index is 12.3. The molecule has 0 bridgehead atoms. The van der Waals surface area contributed by atoms with Crippen LogP contribution < -0.4 is 0 Å². The molecule has 1 heterocycles. The Morgan fingerprint density at radius 2 is 1.60 bits per heavy atom. The molecule has 1 aromatic rings. The van der Waals surface area contributed by atoms with Crippen LogP contribution in [0.4, 0.5) is 0 Å². The molecule has 1 amide bonds. The number of benzene rings is 1. The highest BCUT2D eigenvalue weighted by molar-refractivity contribution is 5.94. The van der Waals surface area contributed by atoms with Gasteiger partial charge in [0.25, 0.3) is 5.91 Å². The summed E-state index contributed by atoms with van der Waals surface area (Å²) >= 11 is 0. The molecule has 1 fully saturated rings. The van der Waals surface area contributed by atoms with Gasteiger partial charge in [0, 0.05) is 24.7 Å². The maximum Gasteiger partial charge on any atom is 0.253 e. The van der Waals surface area contributed by atoms with E-state index in [4.69, 9.17) is 0 Å². The average molecular weight is 276 g/mol. The summed E-state index contributed by atoms with van der Waals surface area (Å²) in [4.78, 5) is 16.5. The van der Waals surface area contributed by atoms with Crippen LogP contribution in [-0.2, 0) is 0 Å². The van der Waals surface area contributed by atoms with Crippen LogP contribution in [0.2, 0.25) is 0 Å². The van der Waals surface area contributed by atoms with Crippen LogP contribution in [-0.4, -0.2) is 48.9 Å². The fourth-order valence-corrected chi connectivity index (χ4v) is 2.46. The largest absolute Gasteiger partial charge is 0.339 e. The van der Waals surface area contributed by atoms with Gasteiger partial charge in [0.1, 0.15) is 0 Å². The van der Waals surface area contributed by atoms with Crippen molar-refractivity contribution in [3.63, 3.8) is 0 Å². The van der Waals surface area contributed by atoms with Gasteiger partial charge < -0.3 is 9.80 Å². The first-order valence-corrected chi connectivity index (χ1v) is 7.60. The van der Waals surface area contributed by atoms with E-state index in [1.165, 1.54) is 5.56 Å². The number of amides is 1. The molecular formula is C17H28N2O. The second-order valence-corrected chi connectivity index (χ2v) is 5.35. The molecule has 0 aliphatic carbocycles. The van der Waals surface area contributed by atoms with E-state index in [-0.39, 0.29) is 5.91 Å². The van der Waals surface area contributed by atoms with Gasteiger partial charge in [-0.05, 0) is 46.0 Å². The van der Waals surface area contributed by atoms with Crippen LogP contribution >= 0.6 is 0 Å². The molecule has 0 spiro atoms. The molecule has 0 radical (unpaired) electrons. The lowest BCUT2D eigenvalue weighted by molar-refractivity contribution is 0.0663. The predicted molar refractivity (Wildman–Crippen MR) is 85.1 cm³/mol. The highest BCUT2D eigenvalue weighted by Gasteiger charge is 2.24. The number of hydrogen-bond donors (Lipinski definition) is 0. The Kier molecular flexibility index (Phi) is 6.73. The molecule has 1 saturated heterocycles. The summed E-state index contributed by atoms with van der Waals surface area (Å²) in [6.45, 7) is 7.78. The molecule has 0 unspecified atom stereocenters.